The van der Waals surface area contributed by atoms with Crippen molar-refractivity contribution >= 4 is 38.8 Å². The second kappa shape index (κ2) is 7.07. The zero-order chi connectivity index (χ0) is 16.6. The predicted molar refractivity (Wildman–Crippen MR) is 103 cm³/mol. The van der Waals surface area contributed by atoms with Crippen LogP contribution in [0.4, 0.5) is 5.69 Å². The van der Waals surface area contributed by atoms with Crippen molar-refractivity contribution in [2.75, 3.05) is 31.1 Å². The number of hydrogen-bond donors (Lipinski definition) is 2. The Morgan fingerprint density at radius 1 is 0.960 bits per heavy atom. The highest BCUT2D eigenvalue weighted by Crippen LogP contribution is 2.31. The average molecular weight is 378 g/mol. The van der Waals surface area contributed by atoms with Gasteiger partial charge in [0, 0.05) is 49.0 Å². The van der Waals surface area contributed by atoms with E-state index in [2.05, 4.69) is 15.2 Å². The number of H-pyrrole nitrogens is 1. The molecule has 5 nitrogen and oxygen atoms in total. The van der Waals surface area contributed by atoms with Gasteiger partial charge in [-0.15, -0.1) is 12.4 Å². The lowest BCUT2D eigenvalue weighted by atomic mass is 10.2. The van der Waals surface area contributed by atoms with Crippen molar-refractivity contribution in [2.24, 2.45) is 0 Å². The van der Waals surface area contributed by atoms with Crippen LogP contribution in [0.1, 0.15) is 0 Å². The van der Waals surface area contributed by atoms with Crippen molar-refractivity contribution in [2.45, 2.75) is 9.79 Å². The van der Waals surface area contributed by atoms with Gasteiger partial charge in [0.15, 0.2) is 0 Å². The fourth-order valence-corrected chi connectivity index (χ4v) is 4.59. The zero-order valence-electron chi connectivity index (χ0n) is 13.6. The topological polar surface area (TPSA) is 65.2 Å². The van der Waals surface area contributed by atoms with Gasteiger partial charge in [-0.2, -0.15) is 0 Å². The molecule has 2 aromatic carbocycles. The quantitative estimate of drug-likeness (QED) is 0.736. The molecule has 25 heavy (non-hydrogen) atoms. The van der Waals surface area contributed by atoms with Crippen molar-refractivity contribution in [3.8, 4) is 0 Å². The summed E-state index contributed by atoms with van der Waals surface area (Å²) in [5, 5.41) is 4.08. The van der Waals surface area contributed by atoms with Crippen LogP contribution in [-0.4, -0.2) is 39.6 Å². The molecule has 1 aliphatic heterocycles. The number of nitrogens with zero attached hydrogens (tertiary/aromatic N) is 1. The van der Waals surface area contributed by atoms with Gasteiger partial charge in [-0.1, -0.05) is 18.2 Å². The first-order valence-corrected chi connectivity index (χ1v) is 9.51. The lowest BCUT2D eigenvalue weighted by Crippen LogP contribution is -2.43. The molecular formula is C18H20ClN3O2S. The van der Waals surface area contributed by atoms with E-state index in [4.69, 9.17) is 0 Å². The van der Waals surface area contributed by atoms with Gasteiger partial charge in [-0.05, 0) is 30.3 Å². The second-order valence-electron chi connectivity index (χ2n) is 5.94. The van der Waals surface area contributed by atoms with Crippen molar-refractivity contribution in [1.82, 2.24) is 10.3 Å². The minimum atomic E-state index is -3.53. The molecule has 2 N–H and O–H groups in total. The molecule has 0 atom stereocenters. The smallest absolute Gasteiger partial charge is 0.208 e. The van der Waals surface area contributed by atoms with Crippen LogP contribution in [0.3, 0.4) is 0 Å². The molecule has 7 heteroatoms. The molecule has 0 aliphatic carbocycles. The normalized spacial score (nSPS) is 15.1. The maximum Gasteiger partial charge on any atom is 0.208 e. The number of fused-ring (bicyclic) bond motifs is 1. The molecule has 0 amide bonds. The Morgan fingerprint density at radius 3 is 2.40 bits per heavy atom. The van der Waals surface area contributed by atoms with Gasteiger partial charge in [-0.25, -0.2) is 8.42 Å². The summed E-state index contributed by atoms with van der Waals surface area (Å²) in [6.07, 6.45) is 1.59. The Kier molecular flexibility index (Phi) is 5.03. The molecule has 0 unspecified atom stereocenters. The van der Waals surface area contributed by atoms with E-state index >= 15 is 0 Å². The number of rotatable bonds is 3. The zero-order valence-corrected chi connectivity index (χ0v) is 15.2. The van der Waals surface area contributed by atoms with E-state index in [0.29, 0.717) is 9.79 Å². The maximum absolute atomic E-state index is 13.0. The minimum Gasteiger partial charge on any atom is -0.369 e. The molecule has 0 bridgehead atoms. The lowest BCUT2D eigenvalue weighted by Gasteiger charge is -2.29. The van der Waals surface area contributed by atoms with Crippen LogP contribution in [0.2, 0.25) is 0 Å². The monoisotopic (exact) mass is 377 g/mol. The lowest BCUT2D eigenvalue weighted by molar-refractivity contribution is 0.589. The number of hydrogen-bond acceptors (Lipinski definition) is 4. The average Bonchev–Trinajstić information content (AvgIpc) is 3.07. The highest BCUT2D eigenvalue weighted by Gasteiger charge is 2.22. The Labute approximate surface area is 153 Å². The molecule has 1 aliphatic rings. The highest BCUT2D eigenvalue weighted by atomic mass is 35.5. The Balaban J connectivity index is 0.00000182. The number of aromatic nitrogens is 1. The van der Waals surface area contributed by atoms with Gasteiger partial charge in [0.2, 0.25) is 9.84 Å². The van der Waals surface area contributed by atoms with Crippen LogP contribution < -0.4 is 10.2 Å². The van der Waals surface area contributed by atoms with Gasteiger partial charge in [0.05, 0.1) is 9.79 Å². The van der Waals surface area contributed by atoms with E-state index in [1.807, 2.05) is 24.3 Å². The number of sulfone groups is 1. The van der Waals surface area contributed by atoms with E-state index in [0.717, 1.165) is 42.8 Å². The summed E-state index contributed by atoms with van der Waals surface area (Å²) in [6.45, 7) is 3.74. The molecule has 132 valence electrons. The summed E-state index contributed by atoms with van der Waals surface area (Å²) in [6, 6.07) is 14.5. The summed E-state index contributed by atoms with van der Waals surface area (Å²) in [7, 11) is -3.53. The second-order valence-corrected chi connectivity index (χ2v) is 7.85. The Morgan fingerprint density at radius 2 is 1.68 bits per heavy atom. The van der Waals surface area contributed by atoms with Crippen molar-refractivity contribution < 1.29 is 8.42 Å². The first kappa shape index (κ1) is 17.8. The number of piperazine rings is 1. The summed E-state index contributed by atoms with van der Waals surface area (Å²) in [4.78, 5) is 6.02. The molecule has 3 aromatic rings. The molecule has 2 heterocycles. The number of anilines is 1. The van der Waals surface area contributed by atoms with Crippen molar-refractivity contribution in [1.29, 1.82) is 0 Å². The molecule has 1 aromatic heterocycles. The molecular weight excluding hydrogens is 358 g/mol. The van der Waals surface area contributed by atoms with Gasteiger partial charge in [0.1, 0.15) is 0 Å². The van der Waals surface area contributed by atoms with Crippen LogP contribution in [0.15, 0.2) is 64.5 Å². The van der Waals surface area contributed by atoms with Crippen LogP contribution in [-0.2, 0) is 9.84 Å². The van der Waals surface area contributed by atoms with Crippen LogP contribution in [0.25, 0.3) is 10.9 Å². The molecule has 1 saturated heterocycles. The van der Waals surface area contributed by atoms with Crippen molar-refractivity contribution in [3.63, 3.8) is 0 Å². The third-order valence-electron chi connectivity index (χ3n) is 4.45. The predicted octanol–water partition coefficient (Wildman–Crippen LogP) is 2.83. The molecule has 4 rings (SSSR count). The van der Waals surface area contributed by atoms with Crippen LogP contribution >= 0.6 is 12.4 Å². The molecule has 1 fully saturated rings. The number of aromatic amines is 1. The largest absolute Gasteiger partial charge is 0.369 e. The SMILES string of the molecule is Cl.O=S(=O)(c1ccccc1)c1c[nH]c2ccc(N3CCNCC3)cc12. The van der Waals surface area contributed by atoms with Gasteiger partial charge < -0.3 is 15.2 Å². The van der Waals surface area contributed by atoms with Crippen LogP contribution in [0.5, 0.6) is 0 Å². The van der Waals surface area contributed by atoms with E-state index in [1.165, 1.54) is 0 Å². The van der Waals surface area contributed by atoms with Gasteiger partial charge in [0.25, 0.3) is 0 Å². The fraction of sp³-hybridized carbons (Fsp3) is 0.222. The molecule has 0 radical (unpaired) electrons. The fourth-order valence-electron chi connectivity index (χ4n) is 3.15. The summed E-state index contributed by atoms with van der Waals surface area (Å²) < 4.78 is 25.9. The van der Waals surface area contributed by atoms with Crippen LogP contribution in [0, 0.1) is 0 Å². The summed E-state index contributed by atoms with van der Waals surface area (Å²) >= 11 is 0. The first-order valence-electron chi connectivity index (χ1n) is 8.03. The third-order valence-corrected chi connectivity index (χ3v) is 6.26. The first-order chi connectivity index (χ1) is 11.7. The maximum atomic E-state index is 13.0. The molecule has 0 spiro atoms. The third kappa shape index (κ3) is 3.25. The summed E-state index contributed by atoms with van der Waals surface area (Å²) in [5.74, 6) is 0. The van der Waals surface area contributed by atoms with Crippen molar-refractivity contribution in [3.05, 3.63) is 54.7 Å². The van der Waals surface area contributed by atoms with E-state index in [1.54, 1.807) is 30.5 Å². The number of nitrogens with one attached hydrogen (secondary N) is 2. The number of halogens is 1. The summed E-state index contributed by atoms with van der Waals surface area (Å²) in [5.41, 5.74) is 1.90. The standard InChI is InChI=1S/C18H19N3O2S.ClH/c22-24(23,15-4-2-1-3-5-15)18-13-20-17-7-6-14(12-16(17)18)21-10-8-19-9-11-21;/h1-7,12-13,19-20H,8-11H2;1H. The van der Waals surface area contributed by atoms with E-state index < -0.39 is 9.84 Å². The van der Waals surface area contributed by atoms with Gasteiger partial charge in [-0.3, -0.25) is 0 Å². The van der Waals surface area contributed by atoms with Gasteiger partial charge >= 0.3 is 0 Å². The highest BCUT2D eigenvalue weighted by molar-refractivity contribution is 7.91. The Bertz CT molecular complexity index is 964. The minimum absolute atomic E-state index is 0. The van der Waals surface area contributed by atoms with E-state index in [9.17, 15) is 8.42 Å². The Hall–Kier alpha value is -2.02. The molecule has 0 saturated carbocycles. The number of benzene rings is 2. The van der Waals surface area contributed by atoms with E-state index in [-0.39, 0.29) is 12.4 Å².